The molecule has 0 saturated carbocycles. The molecule has 0 unspecified atom stereocenters. The first kappa shape index (κ1) is 11.1. The predicted molar refractivity (Wildman–Crippen MR) is 53.5 cm³/mol. The first-order chi connectivity index (χ1) is 6.69. The van der Waals surface area contributed by atoms with Crippen molar-refractivity contribution in [1.29, 1.82) is 0 Å². The quantitative estimate of drug-likeness (QED) is 0.718. The monoisotopic (exact) mass is 215 g/mol. The summed E-state index contributed by atoms with van der Waals surface area (Å²) in [6.07, 6.45) is 0. The molecular weight excluding hydrogens is 202 g/mol. The lowest BCUT2D eigenvalue weighted by Crippen LogP contribution is -1.99. The molecule has 0 aliphatic heterocycles. The lowest BCUT2D eigenvalue weighted by Gasteiger charge is -1.94. The van der Waals surface area contributed by atoms with E-state index in [-0.39, 0.29) is 5.97 Å². The molecule has 0 saturated heterocycles. The largest absolute Gasteiger partial charge is 0.465 e. The Morgan fingerprint density at radius 1 is 1.57 bits per heavy atom. The van der Waals surface area contributed by atoms with Crippen molar-refractivity contribution in [1.82, 2.24) is 4.98 Å². The van der Waals surface area contributed by atoms with E-state index < -0.39 is 0 Å². The minimum Gasteiger partial charge on any atom is -0.465 e. The van der Waals surface area contributed by atoms with E-state index >= 15 is 0 Å². The van der Waals surface area contributed by atoms with Gasteiger partial charge in [-0.1, -0.05) is 0 Å². The summed E-state index contributed by atoms with van der Waals surface area (Å²) in [7, 11) is 1.36. The van der Waals surface area contributed by atoms with Crippen molar-refractivity contribution in [3.63, 3.8) is 0 Å². The molecule has 1 heterocycles. The van der Waals surface area contributed by atoms with E-state index in [0.717, 1.165) is 5.01 Å². The average molecular weight is 215 g/mol. The number of hydrogen-bond donors (Lipinski definition) is 0. The lowest BCUT2D eigenvalue weighted by atomic mass is 10.4. The maximum atomic E-state index is 11.2. The molecule has 1 aromatic heterocycles. The van der Waals surface area contributed by atoms with Crippen LogP contribution in [0.4, 0.5) is 0 Å². The molecule has 0 radical (unpaired) electrons. The number of carbonyl (C=O) groups is 1. The molecule has 0 fully saturated rings. The average Bonchev–Trinajstić information content (AvgIpc) is 2.55. The highest BCUT2D eigenvalue weighted by molar-refractivity contribution is 7.13. The number of aromatic nitrogens is 1. The minimum absolute atomic E-state index is 0.331. The van der Waals surface area contributed by atoms with E-state index in [1.54, 1.807) is 6.92 Å². The summed E-state index contributed by atoms with van der Waals surface area (Å²) < 4.78 is 9.82. The third-order valence-corrected chi connectivity index (χ3v) is 2.75. The van der Waals surface area contributed by atoms with Crippen molar-refractivity contribution in [3.05, 3.63) is 15.6 Å². The van der Waals surface area contributed by atoms with E-state index in [1.807, 2.05) is 6.92 Å². The number of thiazole rings is 1. The van der Waals surface area contributed by atoms with Gasteiger partial charge in [0.1, 0.15) is 9.88 Å². The summed E-state index contributed by atoms with van der Waals surface area (Å²) in [5, 5.41) is 0.810. The number of esters is 1. The van der Waals surface area contributed by atoms with Gasteiger partial charge in [0.25, 0.3) is 0 Å². The van der Waals surface area contributed by atoms with Gasteiger partial charge in [0.15, 0.2) is 0 Å². The summed E-state index contributed by atoms with van der Waals surface area (Å²) in [4.78, 5) is 16.0. The first-order valence-corrected chi connectivity index (χ1v) is 5.13. The van der Waals surface area contributed by atoms with E-state index in [4.69, 9.17) is 4.74 Å². The standard InChI is InChI=1S/C9H13NO3S/c1-4-13-5-7-10-6(2)8(14-7)9(11)12-3/h4-5H2,1-3H3. The molecule has 0 N–H and O–H groups in total. The van der Waals surface area contributed by atoms with Crippen LogP contribution >= 0.6 is 11.3 Å². The molecule has 14 heavy (non-hydrogen) atoms. The Hall–Kier alpha value is -0.940. The van der Waals surface area contributed by atoms with Crippen molar-refractivity contribution >= 4 is 17.3 Å². The maximum absolute atomic E-state index is 11.2. The molecule has 0 aromatic carbocycles. The second kappa shape index (κ2) is 5.07. The summed E-state index contributed by atoms with van der Waals surface area (Å²) in [5.74, 6) is -0.331. The van der Waals surface area contributed by atoms with Crippen LogP contribution in [0.25, 0.3) is 0 Å². The number of rotatable bonds is 4. The molecule has 0 bridgehead atoms. The van der Waals surface area contributed by atoms with Crippen LogP contribution < -0.4 is 0 Å². The fourth-order valence-electron chi connectivity index (χ4n) is 0.985. The highest BCUT2D eigenvalue weighted by atomic mass is 32.1. The van der Waals surface area contributed by atoms with Crippen molar-refractivity contribution in [2.45, 2.75) is 20.5 Å². The van der Waals surface area contributed by atoms with Gasteiger partial charge in [-0.15, -0.1) is 11.3 Å². The first-order valence-electron chi connectivity index (χ1n) is 4.31. The van der Waals surface area contributed by atoms with Crippen LogP contribution in [0.5, 0.6) is 0 Å². The van der Waals surface area contributed by atoms with Crippen LogP contribution in [0.1, 0.15) is 27.3 Å². The Balaban J connectivity index is 2.77. The van der Waals surface area contributed by atoms with Gasteiger partial charge in [-0.05, 0) is 13.8 Å². The Bertz CT molecular complexity index is 322. The normalized spacial score (nSPS) is 10.2. The highest BCUT2D eigenvalue weighted by Crippen LogP contribution is 2.19. The number of aryl methyl sites for hydroxylation is 1. The number of methoxy groups -OCH3 is 1. The van der Waals surface area contributed by atoms with Crippen LogP contribution in [0.15, 0.2) is 0 Å². The molecule has 1 aromatic rings. The number of nitrogens with zero attached hydrogens (tertiary/aromatic N) is 1. The van der Waals surface area contributed by atoms with Gasteiger partial charge < -0.3 is 9.47 Å². The third kappa shape index (κ3) is 2.52. The molecular formula is C9H13NO3S. The summed E-state index contributed by atoms with van der Waals surface area (Å²) in [6.45, 7) is 4.81. The summed E-state index contributed by atoms with van der Waals surface area (Å²) in [5.41, 5.74) is 0.705. The zero-order valence-electron chi connectivity index (χ0n) is 8.49. The van der Waals surface area contributed by atoms with E-state index in [1.165, 1.54) is 18.4 Å². The smallest absolute Gasteiger partial charge is 0.349 e. The van der Waals surface area contributed by atoms with Crippen LogP contribution in [-0.2, 0) is 16.1 Å². The highest BCUT2D eigenvalue weighted by Gasteiger charge is 2.15. The van der Waals surface area contributed by atoms with E-state index in [0.29, 0.717) is 23.8 Å². The van der Waals surface area contributed by atoms with Gasteiger partial charge in [-0.2, -0.15) is 0 Å². The summed E-state index contributed by atoms with van der Waals surface area (Å²) in [6, 6.07) is 0. The molecule has 0 spiro atoms. The fraction of sp³-hybridized carbons (Fsp3) is 0.556. The number of carbonyl (C=O) groups excluding carboxylic acids is 1. The van der Waals surface area contributed by atoms with Crippen LogP contribution in [-0.4, -0.2) is 24.7 Å². The van der Waals surface area contributed by atoms with E-state index in [2.05, 4.69) is 9.72 Å². The van der Waals surface area contributed by atoms with Crippen molar-refractivity contribution in [2.75, 3.05) is 13.7 Å². The predicted octanol–water partition coefficient (Wildman–Crippen LogP) is 1.77. The van der Waals surface area contributed by atoms with Crippen LogP contribution in [0, 0.1) is 6.92 Å². The number of ether oxygens (including phenoxy) is 2. The Morgan fingerprint density at radius 2 is 2.29 bits per heavy atom. The van der Waals surface area contributed by atoms with Gasteiger partial charge in [0, 0.05) is 6.61 Å². The molecule has 0 amide bonds. The second-order valence-electron chi connectivity index (χ2n) is 2.65. The van der Waals surface area contributed by atoms with Crippen LogP contribution in [0.3, 0.4) is 0 Å². The van der Waals surface area contributed by atoms with Crippen LogP contribution in [0.2, 0.25) is 0 Å². The van der Waals surface area contributed by atoms with Crippen molar-refractivity contribution in [3.8, 4) is 0 Å². The summed E-state index contributed by atoms with van der Waals surface area (Å²) >= 11 is 1.32. The molecule has 78 valence electrons. The van der Waals surface area contributed by atoms with Gasteiger partial charge in [-0.3, -0.25) is 0 Å². The Labute approximate surface area is 86.9 Å². The SMILES string of the molecule is CCOCc1nc(C)c(C(=O)OC)s1. The van der Waals surface area contributed by atoms with Gasteiger partial charge in [0.05, 0.1) is 19.4 Å². The van der Waals surface area contributed by atoms with E-state index in [9.17, 15) is 4.79 Å². The zero-order valence-corrected chi connectivity index (χ0v) is 9.31. The molecule has 0 atom stereocenters. The minimum atomic E-state index is -0.331. The molecule has 4 nitrogen and oxygen atoms in total. The van der Waals surface area contributed by atoms with Gasteiger partial charge >= 0.3 is 5.97 Å². The zero-order chi connectivity index (χ0) is 10.6. The van der Waals surface area contributed by atoms with Gasteiger partial charge in [-0.25, -0.2) is 9.78 Å². The lowest BCUT2D eigenvalue weighted by molar-refractivity contribution is 0.0605. The van der Waals surface area contributed by atoms with Gasteiger partial charge in [0.2, 0.25) is 0 Å². The maximum Gasteiger partial charge on any atom is 0.349 e. The molecule has 0 aliphatic carbocycles. The topological polar surface area (TPSA) is 48.4 Å². The molecule has 1 rings (SSSR count). The second-order valence-corrected chi connectivity index (χ2v) is 3.73. The third-order valence-electron chi connectivity index (χ3n) is 1.64. The Kier molecular flexibility index (Phi) is 4.03. The molecule has 0 aliphatic rings. The fourth-order valence-corrected chi connectivity index (χ4v) is 1.91. The Morgan fingerprint density at radius 3 is 2.86 bits per heavy atom. The molecule has 5 heteroatoms. The number of hydrogen-bond acceptors (Lipinski definition) is 5. The van der Waals surface area contributed by atoms with Crippen molar-refractivity contribution in [2.24, 2.45) is 0 Å². The van der Waals surface area contributed by atoms with Crippen molar-refractivity contribution < 1.29 is 14.3 Å².